The number of carbonyl (C=O) groups is 1. The second kappa shape index (κ2) is 5.68. The molecule has 100 valence electrons. The van der Waals surface area contributed by atoms with Gasteiger partial charge in [-0.15, -0.1) is 0 Å². The van der Waals surface area contributed by atoms with E-state index in [1.54, 1.807) is 6.08 Å². The summed E-state index contributed by atoms with van der Waals surface area (Å²) in [5.41, 5.74) is 0.968. The molecule has 0 fully saturated rings. The quantitative estimate of drug-likeness (QED) is 0.801. The number of hydrogen-bond donors (Lipinski definition) is 2. The van der Waals surface area contributed by atoms with Gasteiger partial charge in [0.1, 0.15) is 4.90 Å². The van der Waals surface area contributed by atoms with E-state index in [2.05, 4.69) is 20.7 Å². The van der Waals surface area contributed by atoms with Gasteiger partial charge in [-0.3, -0.25) is 0 Å². The summed E-state index contributed by atoms with van der Waals surface area (Å²) in [6.07, 6.45) is 1.70. The molecule has 0 aliphatic rings. The van der Waals surface area contributed by atoms with Crippen molar-refractivity contribution in [1.82, 2.24) is 4.72 Å². The third kappa shape index (κ3) is 3.69. The molecule has 8 heteroatoms. The highest BCUT2D eigenvalue weighted by atomic mass is 79.9. The number of allylic oxidation sites excluding steroid dienone is 1. The standard InChI is InChI=1S/C10H12BrNO5S/c1-6(2)3-4-12-18(15,16)8-5-7(10(13)14)17-9(8)11/h3,5,12H,4H2,1-2H3,(H,13,14). The van der Waals surface area contributed by atoms with E-state index in [1.807, 2.05) is 13.8 Å². The van der Waals surface area contributed by atoms with E-state index in [0.717, 1.165) is 11.6 Å². The van der Waals surface area contributed by atoms with Gasteiger partial charge in [0.05, 0.1) is 0 Å². The molecule has 1 rings (SSSR count). The lowest BCUT2D eigenvalue weighted by Gasteiger charge is -2.02. The van der Waals surface area contributed by atoms with Gasteiger partial charge >= 0.3 is 5.97 Å². The maximum atomic E-state index is 11.8. The number of rotatable bonds is 5. The maximum Gasteiger partial charge on any atom is 0.371 e. The molecular formula is C10H12BrNO5S. The largest absolute Gasteiger partial charge is 0.475 e. The monoisotopic (exact) mass is 337 g/mol. The Morgan fingerprint density at radius 2 is 2.17 bits per heavy atom. The summed E-state index contributed by atoms with van der Waals surface area (Å²) < 4.78 is 30.6. The maximum absolute atomic E-state index is 11.8. The van der Waals surface area contributed by atoms with Crippen molar-refractivity contribution >= 4 is 31.9 Å². The van der Waals surface area contributed by atoms with E-state index >= 15 is 0 Å². The van der Waals surface area contributed by atoms with Crippen LogP contribution >= 0.6 is 15.9 Å². The zero-order chi connectivity index (χ0) is 13.9. The third-order valence-corrected chi connectivity index (χ3v) is 4.22. The van der Waals surface area contributed by atoms with Crippen LogP contribution in [0.3, 0.4) is 0 Å². The molecule has 18 heavy (non-hydrogen) atoms. The molecular weight excluding hydrogens is 326 g/mol. The summed E-state index contributed by atoms with van der Waals surface area (Å²) in [5, 5.41) is 8.70. The van der Waals surface area contributed by atoms with Gasteiger partial charge in [-0.2, -0.15) is 0 Å². The van der Waals surface area contributed by atoms with E-state index in [9.17, 15) is 13.2 Å². The first-order chi connectivity index (χ1) is 8.24. The van der Waals surface area contributed by atoms with Crippen LogP contribution in [0.5, 0.6) is 0 Å². The molecule has 0 aliphatic carbocycles. The lowest BCUT2D eigenvalue weighted by molar-refractivity contribution is 0.0661. The first-order valence-corrected chi connectivity index (χ1v) is 7.17. The van der Waals surface area contributed by atoms with Crippen molar-refractivity contribution in [2.45, 2.75) is 18.7 Å². The third-order valence-electron chi connectivity index (χ3n) is 1.94. The van der Waals surface area contributed by atoms with Gasteiger partial charge in [0.15, 0.2) is 4.67 Å². The van der Waals surface area contributed by atoms with Gasteiger partial charge in [-0.05, 0) is 29.8 Å². The molecule has 0 spiro atoms. The average molecular weight is 338 g/mol. The minimum Gasteiger partial charge on any atom is -0.475 e. The summed E-state index contributed by atoms with van der Waals surface area (Å²) >= 11 is 2.88. The molecule has 1 aromatic heterocycles. The Morgan fingerprint density at radius 3 is 2.61 bits per heavy atom. The summed E-state index contributed by atoms with van der Waals surface area (Å²) in [7, 11) is -3.80. The Bertz CT molecular complexity index is 583. The summed E-state index contributed by atoms with van der Waals surface area (Å²) in [4.78, 5) is 10.4. The normalized spacial score (nSPS) is 11.3. The molecule has 0 unspecified atom stereocenters. The van der Waals surface area contributed by atoms with E-state index < -0.39 is 21.8 Å². The number of carboxylic acid groups (broad SMARTS) is 1. The number of halogens is 1. The van der Waals surface area contributed by atoms with Crippen LogP contribution in [0, 0.1) is 0 Å². The number of carboxylic acids is 1. The average Bonchev–Trinajstić information content (AvgIpc) is 2.60. The van der Waals surface area contributed by atoms with Gasteiger partial charge in [0.25, 0.3) is 0 Å². The lowest BCUT2D eigenvalue weighted by atomic mass is 10.3. The van der Waals surface area contributed by atoms with Crippen molar-refractivity contribution in [1.29, 1.82) is 0 Å². The topological polar surface area (TPSA) is 96.6 Å². The van der Waals surface area contributed by atoms with Gasteiger partial charge in [-0.25, -0.2) is 17.9 Å². The molecule has 0 bridgehead atoms. The fourth-order valence-corrected chi connectivity index (χ4v) is 2.98. The zero-order valence-corrected chi connectivity index (χ0v) is 12.1. The molecule has 0 saturated carbocycles. The SMILES string of the molecule is CC(C)=CCNS(=O)(=O)c1cc(C(=O)O)oc1Br. The van der Waals surface area contributed by atoms with Crippen LogP contribution in [0.4, 0.5) is 0 Å². The Labute approximate surface area is 113 Å². The number of hydrogen-bond acceptors (Lipinski definition) is 4. The smallest absolute Gasteiger partial charge is 0.371 e. The highest BCUT2D eigenvalue weighted by molar-refractivity contribution is 9.10. The van der Waals surface area contributed by atoms with Crippen LogP contribution < -0.4 is 4.72 Å². The molecule has 0 radical (unpaired) electrons. The first-order valence-electron chi connectivity index (χ1n) is 4.89. The summed E-state index contributed by atoms with van der Waals surface area (Å²) in [6, 6.07) is 0.956. The van der Waals surface area contributed by atoms with E-state index in [1.165, 1.54) is 0 Å². The fraction of sp³-hybridized carbons (Fsp3) is 0.300. The van der Waals surface area contributed by atoms with E-state index in [-0.39, 0.29) is 16.1 Å². The zero-order valence-electron chi connectivity index (χ0n) is 9.73. The van der Waals surface area contributed by atoms with Crippen molar-refractivity contribution < 1.29 is 22.7 Å². The number of aromatic carboxylic acids is 1. The van der Waals surface area contributed by atoms with Crippen LogP contribution in [-0.2, 0) is 10.0 Å². The lowest BCUT2D eigenvalue weighted by Crippen LogP contribution is -2.23. The van der Waals surface area contributed by atoms with Crippen LogP contribution in [-0.4, -0.2) is 26.0 Å². The molecule has 0 saturated heterocycles. The van der Waals surface area contributed by atoms with Crippen molar-refractivity contribution in [3.63, 3.8) is 0 Å². The van der Waals surface area contributed by atoms with Crippen molar-refractivity contribution in [2.24, 2.45) is 0 Å². The summed E-state index contributed by atoms with van der Waals surface area (Å²) in [5.74, 6) is -1.77. The predicted molar refractivity (Wildman–Crippen MR) is 68.0 cm³/mol. The Balaban J connectivity index is 2.98. The van der Waals surface area contributed by atoms with Crippen molar-refractivity contribution in [3.8, 4) is 0 Å². The van der Waals surface area contributed by atoms with Crippen LogP contribution in [0.15, 0.2) is 31.7 Å². The molecule has 2 N–H and O–H groups in total. The molecule has 0 aromatic carbocycles. The number of nitrogens with one attached hydrogen (secondary N) is 1. The van der Waals surface area contributed by atoms with Crippen molar-refractivity contribution in [2.75, 3.05) is 6.54 Å². The van der Waals surface area contributed by atoms with Gasteiger partial charge in [0.2, 0.25) is 15.8 Å². The molecule has 0 atom stereocenters. The summed E-state index contributed by atoms with van der Waals surface area (Å²) in [6.45, 7) is 3.81. The molecule has 6 nitrogen and oxygen atoms in total. The first kappa shape index (κ1) is 14.9. The van der Waals surface area contributed by atoms with Crippen molar-refractivity contribution in [3.05, 3.63) is 28.1 Å². The minimum absolute atomic E-state index is 0.130. The number of sulfonamides is 1. The molecule has 1 heterocycles. The van der Waals surface area contributed by atoms with Gasteiger partial charge in [-0.1, -0.05) is 11.6 Å². The minimum atomic E-state index is -3.80. The second-order valence-corrected chi connectivity index (χ2v) is 6.14. The molecule has 1 aromatic rings. The predicted octanol–water partition coefficient (Wildman–Crippen LogP) is 1.98. The Hall–Kier alpha value is -1.12. The second-order valence-electron chi connectivity index (χ2n) is 3.69. The molecule has 0 aliphatic heterocycles. The Morgan fingerprint density at radius 1 is 1.56 bits per heavy atom. The van der Waals surface area contributed by atoms with E-state index in [4.69, 9.17) is 9.52 Å². The van der Waals surface area contributed by atoms with Gasteiger partial charge in [0, 0.05) is 12.6 Å². The highest BCUT2D eigenvalue weighted by Gasteiger charge is 2.24. The number of furan rings is 1. The van der Waals surface area contributed by atoms with Crippen LogP contribution in [0.2, 0.25) is 0 Å². The highest BCUT2D eigenvalue weighted by Crippen LogP contribution is 2.25. The Kier molecular flexibility index (Phi) is 4.71. The van der Waals surface area contributed by atoms with Crippen LogP contribution in [0.1, 0.15) is 24.4 Å². The molecule has 0 amide bonds. The van der Waals surface area contributed by atoms with Gasteiger partial charge < -0.3 is 9.52 Å². The van der Waals surface area contributed by atoms with E-state index in [0.29, 0.717) is 0 Å². The fourth-order valence-electron chi connectivity index (χ4n) is 1.07. The van der Waals surface area contributed by atoms with Crippen LogP contribution in [0.25, 0.3) is 0 Å².